The Morgan fingerprint density at radius 1 is 1.50 bits per heavy atom. The Labute approximate surface area is 122 Å². The summed E-state index contributed by atoms with van der Waals surface area (Å²) in [6.07, 6.45) is 1.85. The zero-order chi connectivity index (χ0) is 15.0. The summed E-state index contributed by atoms with van der Waals surface area (Å²) in [4.78, 5) is 11.7. The van der Waals surface area contributed by atoms with Crippen molar-refractivity contribution in [2.24, 2.45) is 0 Å². The third-order valence-corrected chi connectivity index (χ3v) is 4.97. The molecule has 1 rings (SSSR count). The fraction of sp³-hybridized carbons (Fsp3) is 0.467. The molecule has 1 aromatic carbocycles. The second kappa shape index (κ2) is 8.49. The van der Waals surface area contributed by atoms with Gasteiger partial charge in [-0.3, -0.25) is 9.00 Å². The molecule has 2 atom stereocenters. The van der Waals surface area contributed by atoms with Crippen molar-refractivity contribution in [3.05, 3.63) is 29.8 Å². The number of amides is 1. The zero-order valence-corrected chi connectivity index (χ0v) is 12.7. The molecule has 1 aromatic rings. The highest BCUT2D eigenvalue weighted by Gasteiger charge is 2.09. The van der Waals surface area contributed by atoms with Crippen LogP contribution in [0.2, 0.25) is 0 Å². The normalized spacial score (nSPS) is 13.2. The summed E-state index contributed by atoms with van der Waals surface area (Å²) in [6.45, 7) is 3.97. The van der Waals surface area contributed by atoms with E-state index in [0.29, 0.717) is 29.8 Å². The molecule has 2 unspecified atom stereocenters. The topological polar surface area (TPSA) is 70.0 Å². The minimum atomic E-state index is -0.856. The summed E-state index contributed by atoms with van der Waals surface area (Å²) in [7, 11) is -0.856. The summed E-state index contributed by atoms with van der Waals surface area (Å²) in [6, 6.07) is 8.82. The molecule has 5 heteroatoms. The number of nitriles is 1. The zero-order valence-electron chi connectivity index (χ0n) is 11.9. The molecule has 0 aliphatic heterocycles. The van der Waals surface area contributed by atoms with Crippen LogP contribution in [-0.2, 0) is 15.6 Å². The van der Waals surface area contributed by atoms with Crippen LogP contribution in [0, 0.1) is 11.3 Å². The number of hydrogen-bond acceptors (Lipinski definition) is 3. The highest BCUT2D eigenvalue weighted by molar-refractivity contribution is 7.85. The Hall–Kier alpha value is -1.67. The monoisotopic (exact) mass is 292 g/mol. The van der Waals surface area contributed by atoms with Crippen LogP contribution in [0.1, 0.15) is 38.7 Å². The third-order valence-electron chi connectivity index (χ3n) is 3.05. The highest BCUT2D eigenvalue weighted by Crippen LogP contribution is 2.11. The van der Waals surface area contributed by atoms with E-state index >= 15 is 0 Å². The van der Waals surface area contributed by atoms with Crippen molar-refractivity contribution in [1.29, 1.82) is 5.26 Å². The minimum absolute atomic E-state index is 0.110. The quantitative estimate of drug-likeness (QED) is 0.840. The van der Waals surface area contributed by atoms with E-state index in [1.165, 1.54) is 0 Å². The van der Waals surface area contributed by atoms with Crippen LogP contribution in [0.3, 0.4) is 0 Å². The van der Waals surface area contributed by atoms with Crippen LogP contribution in [0.4, 0.5) is 5.69 Å². The Morgan fingerprint density at radius 2 is 2.25 bits per heavy atom. The summed E-state index contributed by atoms with van der Waals surface area (Å²) in [5.74, 6) is 0.446. The standard InChI is InChI=1S/C15H20N2O2S/c1-3-12(2)20(19)9-5-8-15(18)17-14-7-4-6-13(10-14)11-16/h4,6-7,10,12H,3,5,8-9H2,1-2H3,(H,17,18). The molecule has 0 bridgehead atoms. The molecule has 0 saturated carbocycles. The molecule has 20 heavy (non-hydrogen) atoms. The predicted molar refractivity (Wildman–Crippen MR) is 81.8 cm³/mol. The SMILES string of the molecule is CCC(C)S(=O)CCCC(=O)Nc1cccc(C#N)c1. The minimum Gasteiger partial charge on any atom is -0.326 e. The summed E-state index contributed by atoms with van der Waals surface area (Å²) >= 11 is 0. The average molecular weight is 292 g/mol. The molecule has 0 aromatic heterocycles. The second-order valence-electron chi connectivity index (χ2n) is 4.65. The first kappa shape index (κ1) is 16.4. The fourth-order valence-corrected chi connectivity index (χ4v) is 2.86. The van der Waals surface area contributed by atoms with E-state index in [1.807, 2.05) is 19.9 Å². The smallest absolute Gasteiger partial charge is 0.224 e. The highest BCUT2D eigenvalue weighted by atomic mass is 32.2. The van der Waals surface area contributed by atoms with Crippen molar-refractivity contribution in [3.63, 3.8) is 0 Å². The van der Waals surface area contributed by atoms with Gasteiger partial charge in [0.15, 0.2) is 0 Å². The lowest BCUT2D eigenvalue weighted by Gasteiger charge is -2.08. The number of nitrogens with one attached hydrogen (secondary N) is 1. The molecular formula is C15H20N2O2S. The molecule has 0 heterocycles. The molecule has 1 N–H and O–H groups in total. The number of nitrogens with zero attached hydrogens (tertiary/aromatic N) is 1. The van der Waals surface area contributed by atoms with Crippen LogP contribution in [-0.4, -0.2) is 21.1 Å². The van der Waals surface area contributed by atoms with E-state index in [1.54, 1.807) is 24.3 Å². The van der Waals surface area contributed by atoms with E-state index in [4.69, 9.17) is 5.26 Å². The van der Waals surface area contributed by atoms with Gasteiger partial charge in [-0.05, 0) is 31.0 Å². The second-order valence-corrected chi connectivity index (χ2v) is 6.62. The van der Waals surface area contributed by atoms with Crippen LogP contribution < -0.4 is 5.32 Å². The first-order valence-corrected chi connectivity index (χ1v) is 8.12. The third kappa shape index (κ3) is 5.54. The molecule has 4 nitrogen and oxygen atoms in total. The van der Waals surface area contributed by atoms with Gasteiger partial charge in [0.1, 0.15) is 0 Å². The number of benzene rings is 1. The number of rotatable bonds is 7. The number of carbonyl (C=O) groups is 1. The maximum Gasteiger partial charge on any atom is 0.224 e. The van der Waals surface area contributed by atoms with Gasteiger partial charge in [-0.1, -0.05) is 19.9 Å². The van der Waals surface area contributed by atoms with Gasteiger partial charge in [-0.15, -0.1) is 0 Å². The van der Waals surface area contributed by atoms with Gasteiger partial charge in [0.2, 0.25) is 5.91 Å². The number of hydrogen-bond donors (Lipinski definition) is 1. The molecule has 1 amide bonds. The van der Waals surface area contributed by atoms with Gasteiger partial charge in [0.25, 0.3) is 0 Å². The molecular weight excluding hydrogens is 272 g/mol. The van der Waals surface area contributed by atoms with Crippen molar-refractivity contribution in [2.75, 3.05) is 11.1 Å². The summed E-state index contributed by atoms with van der Waals surface area (Å²) in [5, 5.41) is 11.7. The fourth-order valence-electron chi connectivity index (χ4n) is 1.65. The van der Waals surface area contributed by atoms with Crippen LogP contribution in [0.15, 0.2) is 24.3 Å². The van der Waals surface area contributed by atoms with E-state index in [-0.39, 0.29) is 11.2 Å². The van der Waals surface area contributed by atoms with E-state index in [9.17, 15) is 9.00 Å². The van der Waals surface area contributed by atoms with Gasteiger partial charge < -0.3 is 5.32 Å². The van der Waals surface area contributed by atoms with Crippen molar-refractivity contribution in [3.8, 4) is 6.07 Å². The number of anilines is 1. The van der Waals surface area contributed by atoms with Crippen molar-refractivity contribution in [2.45, 2.75) is 38.4 Å². The Balaban J connectivity index is 2.37. The maximum atomic E-state index is 11.7. The molecule has 0 fully saturated rings. The van der Waals surface area contributed by atoms with Crippen molar-refractivity contribution < 1.29 is 9.00 Å². The lowest BCUT2D eigenvalue weighted by molar-refractivity contribution is -0.116. The summed E-state index contributed by atoms with van der Waals surface area (Å²) in [5.41, 5.74) is 1.14. The van der Waals surface area contributed by atoms with E-state index in [0.717, 1.165) is 6.42 Å². The lowest BCUT2D eigenvalue weighted by Crippen LogP contribution is -2.16. The predicted octanol–water partition coefficient (Wildman–Crippen LogP) is 2.82. The van der Waals surface area contributed by atoms with E-state index in [2.05, 4.69) is 5.32 Å². The summed E-state index contributed by atoms with van der Waals surface area (Å²) < 4.78 is 11.7. The number of carbonyl (C=O) groups excluding carboxylic acids is 1. The van der Waals surface area contributed by atoms with E-state index < -0.39 is 10.8 Å². The van der Waals surface area contributed by atoms with Gasteiger partial charge >= 0.3 is 0 Å². The Bertz CT molecular complexity index is 523. The van der Waals surface area contributed by atoms with Gasteiger partial charge in [0.05, 0.1) is 11.6 Å². The lowest BCUT2D eigenvalue weighted by atomic mass is 10.2. The molecule has 0 aliphatic rings. The van der Waals surface area contributed by atoms with Gasteiger partial charge in [-0.25, -0.2) is 0 Å². The Kier molecular flexibility index (Phi) is 6.96. The largest absolute Gasteiger partial charge is 0.326 e. The molecule has 0 radical (unpaired) electrons. The first-order valence-electron chi connectivity index (χ1n) is 6.74. The van der Waals surface area contributed by atoms with Crippen molar-refractivity contribution >= 4 is 22.4 Å². The van der Waals surface area contributed by atoms with Crippen LogP contribution >= 0.6 is 0 Å². The molecule has 0 spiro atoms. The molecule has 0 saturated heterocycles. The van der Waals surface area contributed by atoms with Gasteiger partial charge in [-0.2, -0.15) is 5.26 Å². The van der Waals surface area contributed by atoms with Crippen LogP contribution in [0.5, 0.6) is 0 Å². The van der Waals surface area contributed by atoms with Crippen LogP contribution in [0.25, 0.3) is 0 Å². The molecule has 0 aliphatic carbocycles. The van der Waals surface area contributed by atoms with Crippen molar-refractivity contribution in [1.82, 2.24) is 0 Å². The Morgan fingerprint density at radius 3 is 2.90 bits per heavy atom. The maximum absolute atomic E-state index is 11.7. The average Bonchev–Trinajstić information content (AvgIpc) is 2.46. The molecule has 108 valence electrons. The van der Waals surface area contributed by atoms with Gasteiger partial charge in [0, 0.05) is 33.9 Å². The first-order chi connectivity index (χ1) is 9.56.